The van der Waals surface area contributed by atoms with Crippen molar-refractivity contribution in [2.24, 2.45) is 0 Å². The van der Waals surface area contributed by atoms with Gasteiger partial charge in [-0.1, -0.05) is 6.92 Å². The van der Waals surface area contributed by atoms with Gasteiger partial charge in [0.25, 0.3) is 5.91 Å². The molecule has 3 aromatic rings. The Balaban J connectivity index is 1.47. The van der Waals surface area contributed by atoms with Gasteiger partial charge in [-0.25, -0.2) is 18.5 Å². The van der Waals surface area contributed by atoms with E-state index in [2.05, 4.69) is 4.98 Å². The molecule has 2 fully saturated rings. The summed E-state index contributed by atoms with van der Waals surface area (Å²) >= 11 is 0. The molecule has 5 rings (SSSR count). The average molecular weight is 564 g/mol. The fraction of sp³-hybridized carbons (Fsp3) is 0.462. The Morgan fingerprint density at radius 3 is 2.77 bits per heavy atom. The molecule has 1 N–H and O–H groups in total. The van der Waals surface area contributed by atoms with Crippen LogP contribution in [0.2, 0.25) is 0 Å². The van der Waals surface area contributed by atoms with Gasteiger partial charge >= 0.3 is 10.2 Å². The summed E-state index contributed by atoms with van der Waals surface area (Å²) in [5.41, 5.74) is 1.52. The van der Waals surface area contributed by atoms with Gasteiger partial charge in [-0.2, -0.15) is 12.7 Å². The summed E-state index contributed by atoms with van der Waals surface area (Å²) in [6.07, 6.45) is 3.19. The Morgan fingerprint density at radius 1 is 1.26 bits per heavy atom. The van der Waals surface area contributed by atoms with Crippen LogP contribution in [-0.4, -0.2) is 73.6 Å². The molecule has 1 amide bonds. The van der Waals surface area contributed by atoms with Crippen molar-refractivity contribution < 1.29 is 31.5 Å². The predicted molar refractivity (Wildman–Crippen MR) is 140 cm³/mol. The molecule has 0 saturated carbocycles. The number of halogens is 2. The molecule has 0 spiro atoms. The van der Waals surface area contributed by atoms with Gasteiger partial charge in [-0.15, -0.1) is 0 Å². The first-order valence-electron chi connectivity index (χ1n) is 12.9. The number of amides is 1. The third-order valence-electron chi connectivity index (χ3n) is 7.17. The molecule has 2 aliphatic heterocycles. The van der Waals surface area contributed by atoms with E-state index >= 15 is 0 Å². The van der Waals surface area contributed by atoms with E-state index in [1.54, 1.807) is 36.2 Å². The van der Waals surface area contributed by atoms with Crippen LogP contribution in [-0.2, 0) is 14.9 Å². The summed E-state index contributed by atoms with van der Waals surface area (Å²) < 4.78 is 70.2. The number of ether oxygens (including phenoxy) is 2. The van der Waals surface area contributed by atoms with Crippen LogP contribution in [0.15, 0.2) is 42.7 Å². The number of rotatable bonds is 8. The number of nitrogens with zero attached hydrogens (tertiary/aromatic N) is 4. The van der Waals surface area contributed by atoms with E-state index in [0.717, 1.165) is 4.31 Å². The summed E-state index contributed by atoms with van der Waals surface area (Å²) in [5, 5.41) is 0. The maximum atomic E-state index is 14.9. The molecule has 2 atom stereocenters. The number of carbonyl (C=O) groups excluding carboxylic acids is 1. The summed E-state index contributed by atoms with van der Waals surface area (Å²) in [4.78, 5) is 18.9. The summed E-state index contributed by atoms with van der Waals surface area (Å²) in [5.74, 6) is -0.797. The highest BCUT2D eigenvalue weighted by atomic mass is 32.2. The highest BCUT2D eigenvalue weighted by Gasteiger charge is 2.36. The van der Waals surface area contributed by atoms with Gasteiger partial charge in [0.05, 0.1) is 31.1 Å². The maximum absolute atomic E-state index is 14.9. The number of pyridine rings is 1. The lowest BCUT2D eigenvalue weighted by Crippen LogP contribution is -2.41. The minimum atomic E-state index is -4.03. The smallest absolute Gasteiger partial charge is 0.303 e. The fourth-order valence-corrected chi connectivity index (χ4v) is 5.78. The minimum Gasteiger partial charge on any atom is -0.490 e. The number of aromatic nitrogens is 2. The van der Waals surface area contributed by atoms with E-state index in [-0.39, 0.29) is 31.3 Å². The topological polar surface area (TPSA) is 105 Å². The Hall–Kier alpha value is -3.29. The van der Waals surface area contributed by atoms with Crippen LogP contribution < -0.4 is 14.4 Å². The summed E-state index contributed by atoms with van der Waals surface area (Å²) in [7, 11) is -2.67. The zero-order valence-electron chi connectivity index (χ0n) is 21.7. The third kappa shape index (κ3) is 5.70. The highest BCUT2D eigenvalue weighted by molar-refractivity contribution is 7.87. The highest BCUT2D eigenvalue weighted by Crippen LogP contribution is 2.42. The van der Waals surface area contributed by atoms with Crippen LogP contribution in [0, 0.1) is 5.82 Å². The first-order chi connectivity index (χ1) is 18.7. The molecule has 1 unspecified atom stereocenters. The van der Waals surface area contributed by atoms with E-state index in [9.17, 15) is 22.0 Å². The van der Waals surface area contributed by atoms with Crippen LogP contribution in [0.3, 0.4) is 0 Å². The molecule has 2 saturated heterocycles. The molecule has 2 aromatic heterocycles. The molecule has 210 valence electrons. The minimum absolute atomic E-state index is 0.00164. The predicted octanol–water partition coefficient (Wildman–Crippen LogP) is 3.25. The van der Waals surface area contributed by atoms with E-state index in [4.69, 9.17) is 9.47 Å². The SMILES string of the molecule is CCN(C)S(=O)(=O)NC(=O)c1cnc2ccc(N3CC(F)C[C@H]3c3cc(F)ccc3OC3CCOCC3)cn12. The zero-order valence-corrected chi connectivity index (χ0v) is 22.5. The number of anilines is 1. The second-order valence-electron chi connectivity index (χ2n) is 9.72. The first-order valence-corrected chi connectivity index (χ1v) is 14.3. The van der Waals surface area contributed by atoms with Crippen molar-refractivity contribution in [1.29, 1.82) is 0 Å². The Bertz CT molecular complexity index is 1460. The molecular weight excluding hydrogens is 532 g/mol. The van der Waals surface area contributed by atoms with Gasteiger partial charge in [0.15, 0.2) is 0 Å². The number of fused-ring (bicyclic) bond motifs is 1. The van der Waals surface area contributed by atoms with E-state index < -0.39 is 34.1 Å². The van der Waals surface area contributed by atoms with Crippen molar-refractivity contribution in [3.63, 3.8) is 0 Å². The van der Waals surface area contributed by atoms with Crippen LogP contribution in [0.4, 0.5) is 14.5 Å². The number of alkyl halides is 1. The Morgan fingerprint density at radius 2 is 2.03 bits per heavy atom. The molecule has 0 bridgehead atoms. The monoisotopic (exact) mass is 563 g/mol. The second kappa shape index (κ2) is 11.1. The van der Waals surface area contributed by atoms with E-state index in [1.165, 1.54) is 29.8 Å². The molecule has 0 radical (unpaired) electrons. The van der Waals surface area contributed by atoms with E-state index in [1.807, 2.05) is 4.72 Å². The molecule has 1 aromatic carbocycles. The first kappa shape index (κ1) is 27.3. The maximum Gasteiger partial charge on any atom is 0.303 e. The Kier molecular flexibility index (Phi) is 7.74. The Labute approximate surface area is 225 Å². The van der Waals surface area contributed by atoms with Crippen molar-refractivity contribution in [3.05, 3.63) is 59.8 Å². The second-order valence-corrected chi connectivity index (χ2v) is 11.5. The molecule has 13 heteroatoms. The number of imidazole rings is 1. The van der Waals surface area contributed by atoms with Gasteiger partial charge in [-0.05, 0) is 30.3 Å². The standard InChI is InChI=1S/C26H31F2N5O5S/c1-3-31(2)39(35,36)30-26(34)23-14-29-25-7-5-19(16-33(23)25)32-15-18(28)13-22(32)21-12-17(27)4-6-24(21)38-20-8-10-37-11-9-20/h4-7,12,14,16,18,20,22H,3,8-11,13,15H2,1-2H3,(H,30,34)/t18?,22-/m0/s1. The fourth-order valence-electron chi connectivity index (χ4n) is 4.95. The number of carbonyl (C=O) groups is 1. The molecule has 2 aliphatic rings. The molecule has 4 heterocycles. The quantitative estimate of drug-likeness (QED) is 0.449. The molecule has 10 nitrogen and oxygen atoms in total. The largest absolute Gasteiger partial charge is 0.490 e. The number of benzene rings is 1. The summed E-state index contributed by atoms with van der Waals surface area (Å²) in [6, 6.07) is 7.17. The van der Waals surface area contributed by atoms with Crippen LogP contribution in [0.1, 0.15) is 48.3 Å². The summed E-state index contributed by atoms with van der Waals surface area (Å²) in [6.45, 7) is 3.05. The molecule has 0 aliphatic carbocycles. The van der Waals surface area contributed by atoms with Crippen molar-refractivity contribution in [2.45, 2.75) is 44.5 Å². The zero-order chi connectivity index (χ0) is 27.7. The van der Waals surface area contributed by atoms with Crippen molar-refractivity contribution >= 4 is 27.5 Å². The van der Waals surface area contributed by atoms with Gasteiger partial charge in [-0.3, -0.25) is 9.20 Å². The van der Waals surface area contributed by atoms with Gasteiger partial charge in [0, 0.05) is 51.2 Å². The van der Waals surface area contributed by atoms with E-state index in [0.29, 0.717) is 48.7 Å². The number of hydrogen-bond donors (Lipinski definition) is 1. The number of hydrogen-bond acceptors (Lipinski definition) is 7. The van der Waals surface area contributed by atoms with Crippen molar-refractivity contribution in [1.82, 2.24) is 18.4 Å². The van der Waals surface area contributed by atoms with Crippen molar-refractivity contribution in [2.75, 3.05) is 38.3 Å². The molecular formula is C26H31F2N5O5S. The lowest BCUT2D eigenvalue weighted by atomic mass is 10.0. The van der Waals surface area contributed by atoms with Crippen molar-refractivity contribution in [3.8, 4) is 5.75 Å². The average Bonchev–Trinajstić information content (AvgIpc) is 3.52. The normalized spacial score (nSPS) is 20.6. The van der Waals surface area contributed by atoms with Gasteiger partial charge in [0.1, 0.15) is 35.2 Å². The van der Waals surface area contributed by atoms with Gasteiger partial charge in [0.2, 0.25) is 0 Å². The third-order valence-corrected chi connectivity index (χ3v) is 8.70. The van der Waals surface area contributed by atoms with Crippen LogP contribution in [0.5, 0.6) is 5.75 Å². The lowest BCUT2D eigenvalue weighted by molar-refractivity contribution is 0.0250. The van der Waals surface area contributed by atoms with Gasteiger partial charge < -0.3 is 14.4 Å². The molecule has 39 heavy (non-hydrogen) atoms. The van der Waals surface area contributed by atoms with Crippen LogP contribution >= 0.6 is 0 Å². The van der Waals surface area contributed by atoms with Crippen LogP contribution in [0.25, 0.3) is 5.65 Å². The number of nitrogens with one attached hydrogen (secondary N) is 1. The lowest BCUT2D eigenvalue weighted by Gasteiger charge is -2.30.